The fraction of sp³-hybridized carbons (Fsp3) is 0.200. The van der Waals surface area contributed by atoms with Crippen LogP contribution >= 0.6 is 11.3 Å². The molecule has 0 spiro atoms. The van der Waals surface area contributed by atoms with Crippen LogP contribution in [-0.2, 0) is 13.1 Å². The maximum absolute atomic E-state index is 4.96. The van der Waals surface area contributed by atoms with Gasteiger partial charge in [0, 0.05) is 18.7 Å². The number of thiophene rings is 1. The first kappa shape index (κ1) is 8.53. The van der Waals surface area contributed by atoms with Crippen molar-refractivity contribution in [3.05, 3.63) is 46.5 Å². The van der Waals surface area contributed by atoms with Crippen LogP contribution in [0.25, 0.3) is 0 Å². The zero-order valence-electron chi connectivity index (χ0n) is 7.19. The minimum absolute atomic E-state index is 0.867. The molecule has 0 aliphatic heterocycles. The molecule has 2 rings (SSSR count). The number of rotatable bonds is 4. The smallest absolute Gasteiger partial charge is 0.0947 e. The van der Waals surface area contributed by atoms with Gasteiger partial charge in [-0.05, 0) is 28.5 Å². The molecular formula is C10H11NOS. The summed E-state index contributed by atoms with van der Waals surface area (Å²) in [5, 5.41) is 7.58. The lowest BCUT2D eigenvalue weighted by Gasteiger charge is -1.99. The lowest BCUT2D eigenvalue weighted by Crippen LogP contribution is -2.11. The maximum atomic E-state index is 4.96. The van der Waals surface area contributed by atoms with Crippen molar-refractivity contribution >= 4 is 11.3 Å². The van der Waals surface area contributed by atoms with Crippen LogP contribution in [-0.4, -0.2) is 0 Å². The molecule has 1 N–H and O–H groups in total. The van der Waals surface area contributed by atoms with Crippen molar-refractivity contribution in [2.24, 2.45) is 0 Å². The molecule has 13 heavy (non-hydrogen) atoms. The van der Waals surface area contributed by atoms with E-state index in [0.717, 1.165) is 13.1 Å². The predicted octanol–water partition coefficient (Wildman–Crippen LogP) is 2.63. The third-order valence-corrected chi connectivity index (χ3v) is 2.55. The first-order valence-electron chi connectivity index (χ1n) is 4.18. The Balaban J connectivity index is 1.76. The van der Waals surface area contributed by atoms with Gasteiger partial charge in [-0.1, -0.05) is 0 Å². The average Bonchev–Trinajstić information content (AvgIpc) is 2.75. The van der Waals surface area contributed by atoms with E-state index in [1.54, 1.807) is 23.9 Å². The highest BCUT2D eigenvalue weighted by molar-refractivity contribution is 7.07. The average molecular weight is 193 g/mol. The second kappa shape index (κ2) is 4.25. The Kier molecular flexibility index (Phi) is 2.79. The summed E-state index contributed by atoms with van der Waals surface area (Å²) in [6.45, 7) is 1.79. The van der Waals surface area contributed by atoms with E-state index >= 15 is 0 Å². The number of furan rings is 1. The van der Waals surface area contributed by atoms with Gasteiger partial charge in [-0.15, -0.1) is 0 Å². The predicted molar refractivity (Wildman–Crippen MR) is 53.6 cm³/mol. The molecule has 0 atom stereocenters. The van der Waals surface area contributed by atoms with Crippen LogP contribution < -0.4 is 5.32 Å². The zero-order valence-corrected chi connectivity index (χ0v) is 8.01. The molecule has 2 aromatic heterocycles. The van der Waals surface area contributed by atoms with Gasteiger partial charge < -0.3 is 9.73 Å². The summed E-state index contributed by atoms with van der Waals surface area (Å²) in [6, 6.07) is 4.10. The first-order valence-corrected chi connectivity index (χ1v) is 5.12. The van der Waals surface area contributed by atoms with Crippen LogP contribution in [0.15, 0.2) is 39.8 Å². The van der Waals surface area contributed by atoms with Crippen LogP contribution in [0.4, 0.5) is 0 Å². The van der Waals surface area contributed by atoms with Crippen molar-refractivity contribution in [1.82, 2.24) is 5.32 Å². The van der Waals surface area contributed by atoms with Crippen LogP contribution in [0.3, 0.4) is 0 Å². The zero-order chi connectivity index (χ0) is 8.93. The van der Waals surface area contributed by atoms with Gasteiger partial charge in [0.15, 0.2) is 0 Å². The standard InChI is InChI=1S/C10H11NOS/c1-3-12-7-9(1)5-11-6-10-2-4-13-8-10/h1-4,7-8,11H,5-6H2. The van der Waals surface area contributed by atoms with Crippen LogP contribution in [0.2, 0.25) is 0 Å². The molecule has 0 aromatic carbocycles. The van der Waals surface area contributed by atoms with Crippen molar-refractivity contribution < 1.29 is 4.42 Å². The van der Waals surface area contributed by atoms with E-state index in [-0.39, 0.29) is 0 Å². The fourth-order valence-electron chi connectivity index (χ4n) is 1.14. The molecule has 2 nitrogen and oxygen atoms in total. The highest BCUT2D eigenvalue weighted by atomic mass is 32.1. The molecule has 0 aliphatic rings. The van der Waals surface area contributed by atoms with E-state index in [1.165, 1.54) is 11.1 Å². The van der Waals surface area contributed by atoms with Gasteiger partial charge >= 0.3 is 0 Å². The van der Waals surface area contributed by atoms with E-state index in [0.29, 0.717) is 0 Å². The van der Waals surface area contributed by atoms with Crippen molar-refractivity contribution in [2.45, 2.75) is 13.1 Å². The van der Waals surface area contributed by atoms with E-state index in [4.69, 9.17) is 4.42 Å². The van der Waals surface area contributed by atoms with Crippen molar-refractivity contribution in [1.29, 1.82) is 0 Å². The van der Waals surface area contributed by atoms with Gasteiger partial charge in [0.2, 0.25) is 0 Å². The van der Waals surface area contributed by atoms with E-state index in [9.17, 15) is 0 Å². The molecule has 0 aliphatic carbocycles. The molecule has 0 fully saturated rings. The Hall–Kier alpha value is -1.06. The molecule has 0 radical (unpaired) electrons. The maximum Gasteiger partial charge on any atom is 0.0947 e. The topological polar surface area (TPSA) is 25.2 Å². The molecule has 0 saturated carbocycles. The van der Waals surface area contributed by atoms with Gasteiger partial charge in [-0.2, -0.15) is 11.3 Å². The largest absolute Gasteiger partial charge is 0.472 e. The lowest BCUT2D eigenvalue weighted by atomic mass is 10.3. The first-order chi connectivity index (χ1) is 6.45. The highest BCUT2D eigenvalue weighted by Crippen LogP contribution is 2.05. The molecular weight excluding hydrogens is 182 g/mol. The molecule has 0 bridgehead atoms. The number of hydrogen-bond acceptors (Lipinski definition) is 3. The van der Waals surface area contributed by atoms with Gasteiger partial charge in [0.05, 0.1) is 12.5 Å². The monoisotopic (exact) mass is 193 g/mol. The summed E-state index contributed by atoms with van der Waals surface area (Å²) in [5.74, 6) is 0. The molecule has 0 amide bonds. The van der Waals surface area contributed by atoms with Gasteiger partial charge in [0.25, 0.3) is 0 Å². The third kappa shape index (κ3) is 2.44. The fourth-order valence-corrected chi connectivity index (χ4v) is 1.81. The quantitative estimate of drug-likeness (QED) is 0.807. The molecule has 3 heteroatoms. The second-order valence-corrected chi connectivity index (χ2v) is 3.65. The van der Waals surface area contributed by atoms with Crippen LogP contribution in [0, 0.1) is 0 Å². The molecule has 0 saturated heterocycles. The normalized spacial score (nSPS) is 10.5. The molecule has 2 heterocycles. The number of nitrogens with one attached hydrogen (secondary N) is 1. The summed E-state index contributed by atoms with van der Waals surface area (Å²) in [6.07, 6.45) is 3.46. The molecule has 0 unspecified atom stereocenters. The van der Waals surface area contributed by atoms with Gasteiger partial charge in [-0.3, -0.25) is 0 Å². The third-order valence-electron chi connectivity index (χ3n) is 1.82. The van der Waals surface area contributed by atoms with E-state index in [1.807, 2.05) is 6.07 Å². The van der Waals surface area contributed by atoms with Crippen molar-refractivity contribution in [2.75, 3.05) is 0 Å². The van der Waals surface area contributed by atoms with E-state index < -0.39 is 0 Å². The Bertz CT molecular complexity index is 291. The van der Waals surface area contributed by atoms with E-state index in [2.05, 4.69) is 22.1 Å². The van der Waals surface area contributed by atoms with Crippen molar-refractivity contribution in [3.63, 3.8) is 0 Å². The lowest BCUT2D eigenvalue weighted by molar-refractivity contribution is 0.560. The summed E-state index contributed by atoms with van der Waals surface area (Å²) >= 11 is 1.73. The van der Waals surface area contributed by atoms with Crippen LogP contribution in [0.5, 0.6) is 0 Å². The van der Waals surface area contributed by atoms with Crippen molar-refractivity contribution in [3.8, 4) is 0 Å². The Morgan fingerprint density at radius 2 is 2.15 bits per heavy atom. The highest BCUT2D eigenvalue weighted by Gasteiger charge is 1.94. The number of hydrogen-bond donors (Lipinski definition) is 1. The summed E-state index contributed by atoms with van der Waals surface area (Å²) < 4.78 is 4.96. The van der Waals surface area contributed by atoms with Gasteiger partial charge in [0.1, 0.15) is 0 Å². The Labute approximate surface area is 81.2 Å². The van der Waals surface area contributed by atoms with Crippen LogP contribution in [0.1, 0.15) is 11.1 Å². The molecule has 2 aromatic rings. The summed E-state index contributed by atoms with van der Waals surface area (Å²) in [7, 11) is 0. The Morgan fingerprint density at radius 1 is 1.23 bits per heavy atom. The second-order valence-electron chi connectivity index (χ2n) is 2.87. The minimum atomic E-state index is 0.867. The van der Waals surface area contributed by atoms with Gasteiger partial charge in [-0.25, -0.2) is 0 Å². The molecule has 68 valence electrons. The minimum Gasteiger partial charge on any atom is -0.472 e. The summed E-state index contributed by atoms with van der Waals surface area (Å²) in [5.41, 5.74) is 2.53. The Morgan fingerprint density at radius 3 is 2.85 bits per heavy atom. The SMILES string of the molecule is c1cc(CNCc2ccsc2)co1. The summed E-state index contributed by atoms with van der Waals surface area (Å²) in [4.78, 5) is 0.